The van der Waals surface area contributed by atoms with Gasteiger partial charge in [-0.2, -0.15) is 0 Å². The fourth-order valence-corrected chi connectivity index (χ4v) is 6.24. The van der Waals surface area contributed by atoms with Gasteiger partial charge in [0.05, 0.1) is 36.7 Å². The minimum absolute atomic E-state index is 0.108. The smallest absolute Gasteiger partial charge is 0.419 e. The molecule has 0 unspecified atom stereocenters. The predicted molar refractivity (Wildman–Crippen MR) is 170 cm³/mol. The number of ether oxygens (including phenoxy) is 3. The van der Waals surface area contributed by atoms with Gasteiger partial charge in [-0.3, -0.25) is 9.69 Å². The number of hydrogen-bond donors (Lipinski definition) is 2. The Kier molecular flexibility index (Phi) is 7.68. The number of fused-ring (bicyclic) bond motifs is 4. The van der Waals surface area contributed by atoms with Crippen molar-refractivity contribution in [3.8, 4) is 11.5 Å². The van der Waals surface area contributed by atoms with Crippen LogP contribution in [0.4, 0.5) is 16.2 Å². The molecule has 1 aliphatic heterocycles. The highest BCUT2D eigenvalue weighted by Gasteiger charge is 2.39. The van der Waals surface area contributed by atoms with Gasteiger partial charge in [0.1, 0.15) is 11.3 Å². The lowest BCUT2D eigenvalue weighted by atomic mass is 9.95. The predicted octanol–water partition coefficient (Wildman–Crippen LogP) is 6.92. The molecule has 0 bridgehead atoms. The molecule has 3 heterocycles. The number of carbonyl (C=O) groups is 3. The number of aromatic nitrogens is 1. The number of rotatable bonds is 6. The lowest BCUT2D eigenvalue weighted by Crippen LogP contribution is -2.30. The number of aromatic amines is 1. The molecule has 2 amide bonds. The molecule has 5 aromatic rings. The topological polar surface area (TPSA) is 114 Å². The van der Waals surface area contributed by atoms with Crippen LogP contribution in [0.25, 0.3) is 21.9 Å². The summed E-state index contributed by atoms with van der Waals surface area (Å²) >= 11 is 10.9. The number of amides is 2. The van der Waals surface area contributed by atoms with Crippen molar-refractivity contribution in [2.75, 3.05) is 43.5 Å². The second-order valence-electron chi connectivity index (χ2n) is 10.4. The molecule has 226 valence electrons. The minimum Gasteiger partial charge on any atom is -0.497 e. The lowest BCUT2D eigenvalue weighted by molar-refractivity contribution is 0.0602. The number of esters is 1. The molecule has 0 spiro atoms. The molecule has 3 aromatic carbocycles. The zero-order valence-electron chi connectivity index (χ0n) is 24.3. The maximum absolute atomic E-state index is 14.0. The standard InChI is InChI=1S/C32H28ClN3O7S/c1-16-26(31(38)41-4)28-27-18(14-33)15-36(30(37)24-12-17-11-19(40-3)9-10-22(17)42-24)21(27)13-23(29(28)34-16)43-32(39)35(2)20-7-5-6-8-25(20)44/h5-13,18,34,44H,14-15H2,1-4H3/t18-/m1/s1. The van der Waals surface area contributed by atoms with Gasteiger partial charge in [0.15, 0.2) is 11.5 Å². The van der Waals surface area contributed by atoms with Crippen LogP contribution in [0.15, 0.2) is 63.9 Å². The Balaban J connectivity index is 1.50. The third-order valence-electron chi connectivity index (χ3n) is 7.82. The number of methoxy groups -OCH3 is 2. The number of hydrogen-bond acceptors (Lipinski definition) is 8. The summed E-state index contributed by atoms with van der Waals surface area (Å²) in [7, 11) is 4.42. The van der Waals surface area contributed by atoms with Crippen molar-refractivity contribution in [1.29, 1.82) is 0 Å². The van der Waals surface area contributed by atoms with Gasteiger partial charge in [-0.25, -0.2) is 9.59 Å². The second-order valence-corrected chi connectivity index (χ2v) is 11.2. The lowest BCUT2D eigenvalue weighted by Gasteiger charge is -2.20. The number of furan rings is 1. The van der Waals surface area contributed by atoms with Gasteiger partial charge in [-0.1, -0.05) is 12.1 Å². The van der Waals surface area contributed by atoms with E-state index in [0.717, 1.165) is 0 Å². The van der Waals surface area contributed by atoms with E-state index in [9.17, 15) is 14.4 Å². The molecule has 0 saturated carbocycles. The zero-order chi connectivity index (χ0) is 31.3. The van der Waals surface area contributed by atoms with Gasteiger partial charge in [0.2, 0.25) is 0 Å². The number of benzene rings is 3. The first-order valence-electron chi connectivity index (χ1n) is 13.6. The Morgan fingerprint density at radius 3 is 2.61 bits per heavy atom. The quantitative estimate of drug-likeness (QED) is 0.118. The number of aryl methyl sites for hydroxylation is 1. The van der Waals surface area contributed by atoms with E-state index in [1.165, 1.54) is 16.9 Å². The first-order valence-corrected chi connectivity index (χ1v) is 14.6. The van der Waals surface area contributed by atoms with E-state index in [-0.39, 0.29) is 35.4 Å². The third kappa shape index (κ3) is 4.82. The van der Waals surface area contributed by atoms with E-state index in [1.54, 1.807) is 69.6 Å². The fraction of sp³-hybridized carbons (Fsp3) is 0.219. The molecular weight excluding hydrogens is 606 g/mol. The average Bonchev–Trinajstić information content (AvgIpc) is 3.72. The van der Waals surface area contributed by atoms with Crippen molar-refractivity contribution >= 4 is 75.4 Å². The van der Waals surface area contributed by atoms with Gasteiger partial charge >= 0.3 is 12.1 Å². The number of para-hydroxylation sites is 1. The van der Waals surface area contributed by atoms with Crippen molar-refractivity contribution in [3.63, 3.8) is 0 Å². The average molecular weight is 634 g/mol. The fourth-order valence-electron chi connectivity index (χ4n) is 5.68. The molecule has 0 fully saturated rings. The van der Waals surface area contributed by atoms with Crippen molar-refractivity contribution in [1.82, 2.24) is 4.98 Å². The largest absolute Gasteiger partial charge is 0.497 e. The van der Waals surface area contributed by atoms with E-state index >= 15 is 0 Å². The SMILES string of the molecule is COC(=O)c1c(C)[nH]c2c(OC(=O)N(C)c3ccccc3S)cc3c(c12)[C@H](CCl)CN3C(=O)c1cc2cc(OC)ccc2o1. The van der Waals surface area contributed by atoms with Crippen LogP contribution in [-0.2, 0) is 4.74 Å². The van der Waals surface area contributed by atoms with Crippen molar-refractivity contribution in [2.24, 2.45) is 0 Å². The van der Waals surface area contributed by atoms with Crippen molar-refractivity contribution < 1.29 is 33.0 Å². The number of carbonyl (C=O) groups excluding carboxylic acids is 3. The maximum atomic E-state index is 14.0. The normalized spacial score (nSPS) is 14.1. The summed E-state index contributed by atoms with van der Waals surface area (Å²) in [6.45, 7) is 1.94. The summed E-state index contributed by atoms with van der Waals surface area (Å²) in [5.41, 5.74) is 3.35. The van der Waals surface area contributed by atoms with Crippen LogP contribution in [0, 0.1) is 6.92 Å². The monoisotopic (exact) mass is 633 g/mol. The highest BCUT2D eigenvalue weighted by Crippen LogP contribution is 2.48. The summed E-state index contributed by atoms with van der Waals surface area (Å²) < 4.78 is 22.3. The molecule has 12 heteroatoms. The van der Waals surface area contributed by atoms with Gasteiger partial charge in [-0.15, -0.1) is 24.2 Å². The van der Waals surface area contributed by atoms with Gasteiger partial charge in [-0.05, 0) is 48.9 Å². The number of nitrogens with one attached hydrogen (secondary N) is 1. The van der Waals surface area contributed by atoms with Gasteiger partial charge in [0.25, 0.3) is 5.91 Å². The summed E-state index contributed by atoms with van der Waals surface area (Å²) in [4.78, 5) is 47.1. The first-order chi connectivity index (χ1) is 21.2. The van der Waals surface area contributed by atoms with E-state index in [4.69, 9.17) is 30.2 Å². The van der Waals surface area contributed by atoms with E-state index in [0.29, 0.717) is 55.1 Å². The molecule has 1 atom stereocenters. The van der Waals surface area contributed by atoms with Gasteiger partial charge in [0, 0.05) is 52.8 Å². The van der Waals surface area contributed by atoms with Crippen LogP contribution in [0.2, 0.25) is 0 Å². The molecule has 0 radical (unpaired) electrons. The van der Waals surface area contributed by atoms with E-state index in [1.807, 2.05) is 6.07 Å². The number of nitrogens with zero attached hydrogens (tertiary/aromatic N) is 2. The van der Waals surface area contributed by atoms with Crippen LogP contribution < -0.4 is 19.3 Å². The van der Waals surface area contributed by atoms with Crippen LogP contribution in [0.5, 0.6) is 11.5 Å². The van der Waals surface area contributed by atoms with Crippen LogP contribution in [-0.4, -0.2) is 56.6 Å². The number of halogens is 1. The molecule has 1 aliphatic rings. The molecular formula is C32H28ClN3O7S. The Hall–Kier alpha value is -4.61. The second kappa shape index (κ2) is 11.5. The summed E-state index contributed by atoms with van der Waals surface area (Å²) in [5, 5.41) is 1.18. The maximum Gasteiger partial charge on any atom is 0.419 e. The van der Waals surface area contributed by atoms with Crippen molar-refractivity contribution in [3.05, 3.63) is 77.2 Å². The zero-order valence-corrected chi connectivity index (χ0v) is 25.9. The Morgan fingerprint density at radius 2 is 1.91 bits per heavy atom. The number of alkyl halides is 1. The number of thiol groups is 1. The highest BCUT2D eigenvalue weighted by atomic mass is 35.5. The Morgan fingerprint density at radius 1 is 1.14 bits per heavy atom. The van der Waals surface area contributed by atoms with E-state index < -0.39 is 18.0 Å². The van der Waals surface area contributed by atoms with Gasteiger partial charge < -0.3 is 28.5 Å². The molecule has 0 saturated heterocycles. The highest BCUT2D eigenvalue weighted by molar-refractivity contribution is 7.80. The molecule has 10 nitrogen and oxygen atoms in total. The summed E-state index contributed by atoms with van der Waals surface area (Å²) in [6, 6.07) is 15.6. The first kappa shape index (κ1) is 29.5. The molecule has 6 rings (SSSR count). The van der Waals surface area contributed by atoms with Crippen LogP contribution in [0.3, 0.4) is 0 Å². The van der Waals surface area contributed by atoms with Crippen LogP contribution >= 0.6 is 24.2 Å². The third-order valence-corrected chi connectivity index (χ3v) is 8.57. The van der Waals surface area contributed by atoms with Crippen molar-refractivity contribution in [2.45, 2.75) is 17.7 Å². The molecule has 1 N–H and O–H groups in total. The van der Waals surface area contributed by atoms with E-state index in [2.05, 4.69) is 17.6 Å². The molecule has 44 heavy (non-hydrogen) atoms. The molecule has 2 aromatic heterocycles. The summed E-state index contributed by atoms with van der Waals surface area (Å²) in [5.74, 6) is -0.324. The summed E-state index contributed by atoms with van der Waals surface area (Å²) in [6.07, 6.45) is -0.699. The Labute approximate surface area is 262 Å². The Bertz CT molecular complexity index is 1970. The number of anilines is 2. The minimum atomic E-state index is -0.699. The number of H-pyrrole nitrogens is 1. The molecule has 0 aliphatic carbocycles. The van der Waals surface area contributed by atoms with Crippen LogP contribution in [0.1, 0.15) is 38.1 Å².